The minimum atomic E-state index is 0.571. The molecule has 0 fully saturated rings. The Bertz CT molecular complexity index is 1190. The highest BCUT2D eigenvalue weighted by atomic mass is 79.9. The number of hydrogen-bond donors (Lipinski definition) is 0. The van der Waals surface area contributed by atoms with Crippen LogP contribution in [-0.4, -0.2) is 33.0 Å². The Labute approximate surface area is 192 Å². The number of pyridine rings is 1. The normalized spacial score (nSPS) is 12.7. The maximum absolute atomic E-state index is 5.74. The molecule has 0 bridgehead atoms. The van der Waals surface area contributed by atoms with E-state index in [-0.39, 0.29) is 0 Å². The molecule has 0 atom stereocenters. The van der Waals surface area contributed by atoms with E-state index in [1.165, 1.54) is 5.56 Å². The summed E-state index contributed by atoms with van der Waals surface area (Å²) in [7, 11) is 0. The standard InChI is InChI=1S/C23H19BrN4O2S/c24-19-13-21-20(29-10-11-30-21)12-18(19)15-31-23-27-26-22(17-6-8-25-9-7-17)28(23)14-16-4-2-1-3-5-16/h1-9,12-13H,10-11,14-15H2. The van der Waals surface area contributed by atoms with Crippen molar-refractivity contribution in [3.63, 3.8) is 0 Å². The van der Waals surface area contributed by atoms with E-state index in [2.05, 4.69) is 47.8 Å². The van der Waals surface area contributed by atoms with Gasteiger partial charge >= 0.3 is 0 Å². The van der Waals surface area contributed by atoms with E-state index in [1.54, 1.807) is 24.2 Å². The lowest BCUT2D eigenvalue weighted by Gasteiger charge is -2.19. The average molecular weight is 495 g/mol. The second-order valence-corrected chi connectivity index (χ2v) is 8.79. The van der Waals surface area contributed by atoms with Crippen molar-refractivity contribution in [3.8, 4) is 22.9 Å². The highest BCUT2D eigenvalue weighted by Gasteiger charge is 2.18. The van der Waals surface area contributed by atoms with Crippen molar-refractivity contribution >= 4 is 27.7 Å². The van der Waals surface area contributed by atoms with Crippen LogP contribution in [0, 0.1) is 0 Å². The summed E-state index contributed by atoms with van der Waals surface area (Å²) in [5.41, 5.74) is 3.31. The van der Waals surface area contributed by atoms with Crippen LogP contribution in [0.25, 0.3) is 11.4 Å². The molecule has 0 aliphatic carbocycles. The Hall–Kier alpha value is -2.84. The monoisotopic (exact) mass is 494 g/mol. The van der Waals surface area contributed by atoms with Crippen LogP contribution in [0.5, 0.6) is 11.5 Å². The molecular weight excluding hydrogens is 476 g/mol. The van der Waals surface area contributed by atoms with Crippen molar-refractivity contribution < 1.29 is 9.47 Å². The lowest BCUT2D eigenvalue weighted by molar-refractivity contribution is 0.171. The van der Waals surface area contributed by atoms with Gasteiger partial charge in [-0.15, -0.1) is 10.2 Å². The maximum atomic E-state index is 5.74. The van der Waals surface area contributed by atoms with Gasteiger partial charge in [0, 0.05) is 28.2 Å². The van der Waals surface area contributed by atoms with Gasteiger partial charge in [-0.05, 0) is 35.4 Å². The molecule has 1 aliphatic heterocycles. The van der Waals surface area contributed by atoms with Crippen molar-refractivity contribution in [3.05, 3.63) is 82.6 Å². The summed E-state index contributed by atoms with van der Waals surface area (Å²) in [5.74, 6) is 3.11. The number of hydrogen-bond acceptors (Lipinski definition) is 6. The summed E-state index contributed by atoms with van der Waals surface area (Å²) in [6.07, 6.45) is 3.55. The van der Waals surface area contributed by atoms with Gasteiger partial charge in [-0.1, -0.05) is 58.0 Å². The first-order chi connectivity index (χ1) is 15.3. The highest BCUT2D eigenvalue weighted by molar-refractivity contribution is 9.10. The molecule has 0 unspecified atom stereocenters. The second-order valence-electron chi connectivity index (χ2n) is 6.99. The summed E-state index contributed by atoms with van der Waals surface area (Å²) < 4.78 is 14.6. The van der Waals surface area contributed by atoms with E-state index in [9.17, 15) is 0 Å². The summed E-state index contributed by atoms with van der Waals surface area (Å²) in [6.45, 7) is 1.84. The zero-order valence-electron chi connectivity index (χ0n) is 16.6. The largest absolute Gasteiger partial charge is 0.486 e. The van der Waals surface area contributed by atoms with Gasteiger partial charge in [0.15, 0.2) is 22.5 Å². The van der Waals surface area contributed by atoms with Gasteiger partial charge in [-0.2, -0.15) is 0 Å². The fourth-order valence-corrected chi connectivity index (χ4v) is 4.95. The first kappa shape index (κ1) is 20.1. The third-order valence-corrected chi connectivity index (χ3v) is 6.66. The number of aromatic nitrogens is 4. The lowest BCUT2D eigenvalue weighted by atomic mass is 10.2. The number of ether oxygens (including phenoxy) is 2. The van der Waals surface area contributed by atoms with Crippen LogP contribution in [0.15, 0.2) is 76.6 Å². The molecule has 5 rings (SSSR count). The van der Waals surface area contributed by atoms with E-state index in [0.29, 0.717) is 19.8 Å². The molecule has 0 saturated heterocycles. The van der Waals surface area contributed by atoms with E-state index in [0.717, 1.165) is 43.8 Å². The SMILES string of the molecule is Brc1cc2c(cc1CSc1nnc(-c3ccncc3)n1Cc1ccccc1)OCCO2. The molecular formula is C23H19BrN4O2S. The number of halogens is 1. The smallest absolute Gasteiger partial charge is 0.192 e. The number of rotatable bonds is 6. The Morgan fingerprint density at radius 2 is 1.68 bits per heavy atom. The number of nitrogens with zero attached hydrogens (tertiary/aromatic N) is 4. The molecule has 0 spiro atoms. The van der Waals surface area contributed by atoms with Crippen LogP contribution >= 0.6 is 27.7 Å². The van der Waals surface area contributed by atoms with Gasteiger partial charge < -0.3 is 9.47 Å². The van der Waals surface area contributed by atoms with Gasteiger partial charge in [0.1, 0.15) is 13.2 Å². The fraction of sp³-hybridized carbons (Fsp3) is 0.174. The Morgan fingerprint density at radius 3 is 2.45 bits per heavy atom. The third-order valence-electron chi connectivity index (χ3n) is 4.91. The summed E-state index contributed by atoms with van der Waals surface area (Å²) in [5, 5.41) is 9.86. The molecule has 0 N–H and O–H groups in total. The fourth-order valence-electron chi connectivity index (χ4n) is 3.38. The maximum Gasteiger partial charge on any atom is 0.192 e. The molecule has 2 aromatic carbocycles. The van der Waals surface area contributed by atoms with Gasteiger partial charge in [0.2, 0.25) is 0 Å². The Balaban J connectivity index is 1.44. The third kappa shape index (κ3) is 4.45. The topological polar surface area (TPSA) is 62.1 Å². The van der Waals surface area contributed by atoms with Crippen LogP contribution in [0.3, 0.4) is 0 Å². The Morgan fingerprint density at radius 1 is 0.935 bits per heavy atom. The van der Waals surface area contributed by atoms with Crippen LogP contribution in [-0.2, 0) is 12.3 Å². The molecule has 0 saturated carbocycles. The number of fused-ring (bicyclic) bond motifs is 1. The minimum Gasteiger partial charge on any atom is -0.486 e. The quantitative estimate of drug-likeness (QED) is 0.342. The van der Waals surface area contributed by atoms with Crippen molar-refractivity contribution in [1.82, 2.24) is 19.7 Å². The van der Waals surface area contributed by atoms with E-state index in [4.69, 9.17) is 9.47 Å². The van der Waals surface area contributed by atoms with Crippen LogP contribution < -0.4 is 9.47 Å². The number of benzene rings is 2. The number of thioether (sulfide) groups is 1. The molecule has 1 aliphatic rings. The first-order valence-electron chi connectivity index (χ1n) is 9.86. The van der Waals surface area contributed by atoms with Crippen LogP contribution in [0.4, 0.5) is 0 Å². The zero-order chi connectivity index (χ0) is 21.0. The van der Waals surface area contributed by atoms with E-state index < -0.39 is 0 Å². The second kappa shape index (κ2) is 9.11. The summed E-state index contributed by atoms with van der Waals surface area (Å²) >= 11 is 5.31. The van der Waals surface area contributed by atoms with Crippen LogP contribution in [0.1, 0.15) is 11.1 Å². The van der Waals surface area contributed by atoms with Crippen molar-refractivity contribution in [2.45, 2.75) is 17.5 Å². The van der Waals surface area contributed by atoms with Gasteiger partial charge in [-0.25, -0.2) is 0 Å². The summed E-state index contributed by atoms with van der Waals surface area (Å²) in [4.78, 5) is 4.12. The van der Waals surface area contributed by atoms with Crippen LogP contribution in [0.2, 0.25) is 0 Å². The van der Waals surface area contributed by atoms with E-state index >= 15 is 0 Å². The summed E-state index contributed by atoms with van der Waals surface area (Å²) in [6, 6.07) is 18.3. The first-order valence-corrected chi connectivity index (χ1v) is 11.6. The average Bonchev–Trinajstić information content (AvgIpc) is 3.21. The van der Waals surface area contributed by atoms with E-state index in [1.807, 2.05) is 42.5 Å². The predicted molar refractivity (Wildman–Crippen MR) is 123 cm³/mol. The zero-order valence-corrected chi connectivity index (χ0v) is 19.0. The molecule has 31 heavy (non-hydrogen) atoms. The molecule has 6 nitrogen and oxygen atoms in total. The minimum absolute atomic E-state index is 0.571. The molecule has 0 radical (unpaired) electrons. The van der Waals surface area contributed by atoms with Crippen molar-refractivity contribution in [1.29, 1.82) is 0 Å². The lowest BCUT2D eigenvalue weighted by Crippen LogP contribution is -2.15. The van der Waals surface area contributed by atoms with Gasteiger partial charge in [0.25, 0.3) is 0 Å². The van der Waals surface area contributed by atoms with Gasteiger partial charge in [0.05, 0.1) is 6.54 Å². The molecule has 0 amide bonds. The molecule has 2 aromatic heterocycles. The van der Waals surface area contributed by atoms with Crippen molar-refractivity contribution in [2.75, 3.05) is 13.2 Å². The van der Waals surface area contributed by atoms with Gasteiger partial charge in [-0.3, -0.25) is 9.55 Å². The molecule has 3 heterocycles. The predicted octanol–water partition coefficient (Wildman–Crippen LogP) is 5.21. The Kier molecular flexibility index (Phi) is 5.90. The van der Waals surface area contributed by atoms with Crippen molar-refractivity contribution in [2.24, 2.45) is 0 Å². The molecule has 156 valence electrons. The molecule has 4 aromatic rings. The molecule has 8 heteroatoms. The highest BCUT2D eigenvalue weighted by Crippen LogP contribution is 2.38.